The average Bonchev–Trinajstić information content (AvgIpc) is 3.24. The molecule has 4 bridgehead atoms. The molecule has 6 rings (SSSR count). The van der Waals surface area contributed by atoms with Crippen LogP contribution >= 0.6 is 0 Å². The molecule has 0 radical (unpaired) electrons. The number of allylic oxidation sites excluding steroid dienone is 1. The predicted molar refractivity (Wildman–Crippen MR) is 134 cm³/mol. The average molecular weight is 457 g/mol. The van der Waals surface area contributed by atoms with E-state index >= 15 is 0 Å². The molecule has 6 atom stereocenters. The van der Waals surface area contributed by atoms with E-state index in [9.17, 15) is 9.59 Å². The lowest BCUT2D eigenvalue weighted by atomic mass is 9.64. The van der Waals surface area contributed by atoms with E-state index in [1.807, 2.05) is 0 Å². The zero-order chi connectivity index (χ0) is 24.1. The molecule has 0 aliphatic heterocycles. The van der Waals surface area contributed by atoms with Gasteiger partial charge in [0.25, 0.3) is 0 Å². The fourth-order valence-electron chi connectivity index (χ4n) is 8.41. The Morgan fingerprint density at radius 1 is 1.03 bits per heavy atom. The Morgan fingerprint density at radius 3 is 2.53 bits per heavy atom. The highest BCUT2D eigenvalue weighted by molar-refractivity contribution is 6.06. The number of fused-ring (bicyclic) bond motifs is 5. The summed E-state index contributed by atoms with van der Waals surface area (Å²) in [6, 6.07) is 15.2. The molecule has 3 heteroatoms. The van der Waals surface area contributed by atoms with Gasteiger partial charge in [0.15, 0.2) is 5.78 Å². The van der Waals surface area contributed by atoms with Crippen LogP contribution in [0.5, 0.6) is 0 Å². The summed E-state index contributed by atoms with van der Waals surface area (Å²) in [4.78, 5) is 27.1. The van der Waals surface area contributed by atoms with Gasteiger partial charge in [0, 0.05) is 18.3 Å². The Labute approximate surface area is 203 Å². The Hall–Kier alpha value is -2.42. The normalized spacial score (nSPS) is 40.2. The maximum absolute atomic E-state index is 13.9. The van der Waals surface area contributed by atoms with Crippen molar-refractivity contribution < 1.29 is 14.3 Å². The third kappa shape index (κ3) is 2.64. The first-order valence-electron chi connectivity index (χ1n) is 12.9. The zero-order valence-electron chi connectivity index (χ0n) is 20.9. The molecule has 2 aromatic rings. The molecule has 0 N–H and O–H groups in total. The molecule has 3 nitrogen and oxygen atoms in total. The minimum atomic E-state index is -1.02. The molecule has 0 heterocycles. The van der Waals surface area contributed by atoms with Crippen LogP contribution in [0.2, 0.25) is 0 Å². The van der Waals surface area contributed by atoms with Crippen LogP contribution in [0.15, 0.2) is 54.6 Å². The van der Waals surface area contributed by atoms with Gasteiger partial charge in [-0.2, -0.15) is 0 Å². The number of carbonyl (C=O) groups is 2. The molecular formula is C31H36O3. The minimum absolute atomic E-state index is 0.0348. The highest BCUT2D eigenvalue weighted by atomic mass is 16.5. The maximum Gasteiger partial charge on any atom is 0.320 e. The second kappa shape index (κ2) is 6.83. The molecule has 4 fully saturated rings. The van der Waals surface area contributed by atoms with Gasteiger partial charge < -0.3 is 4.74 Å². The number of esters is 1. The first-order chi connectivity index (χ1) is 16.0. The Bertz CT molecular complexity index is 1240. The summed E-state index contributed by atoms with van der Waals surface area (Å²) in [6.07, 6.45) is 4.28. The number of ketones is 1. The fraction of sp³-hybridized carbons (Fsp3) is 0.548. The first kappa shape index (κ1) is 22.1. The molecule has 4 aliphatic rings. The van der Waals surface area contributed by atoms with Crippen LogP contribution in [0.25, 0.3) is 10.8 Å². The van der Waals surface area contributed by atoms with Crippen molar-refractivity contribution in [2.24, 2.45) is 27.6 Å². The quantitative estimate of drug-likeness (QED) is 0.284. The van der Waals surface area contributed by atoms with Gasteiger partial charge in [-0.05, 0) is 64.7 Å². The van der Waals surface area contributed by atoms with Crippen LogP contribution in [0.3, 0.4) is 0 Å². The van der Waals surface area contributed by atoms with Crippen molar-refractivity contribution in [3.05, 3.63) is 60.2 Å². The summed E-state index contributed by atoms with van der Waals surface area (Å²) in [5.74, 6) is 0.194. The molecular weight excluding hydrogens is 420 g/mol. The van der Waals surface area contributed by atoms with Crippen LogP contribution in [0.4, 0.5) is 0 Å². The molecule has 0 spiro atoms. The van der Waals surface area contributed by atoms with E-state index in [0.29, 0.717) is 25.2 Å². The summed E-state index contributed by atoms with van der Waals surface area (Å²) in [5.41, 5.74) is 1.24. The Kier molecular flexibility index (Phi) is 4.43. The molecule has 0 aromatic heterocycles. The predicted octanol–water partition coefficient (Wildman–Crippen LogP) is 7.00. The van der Waals surface area contributed by atoms with Gasteiger partial charge in [-0.1, -0.05) is 82.3 Å². The van der Waals surface area contributed by atoms with Gasteiger partial charge in [0.05, 0.1) is 0 Å². The van der Waals surface area contributed by atoms with Gasteiger partial charge in [0.1, 0.15) is 11.5 Å². The van der Waals surface area contributed by atoms with E-state index in [0.717, 1.165) is 24.8 Å². The molecule has 4 saturated carbocycles. The van der Waals surface area contributed by atoms with Crippen LogP contribution in [0.1, 0.15) is 77.7 Å². The monoisotopic (exact) mass is 456 g/mol. The molecule has 34 heavy (non-hydrogen) atoms. The van der Waals surface area contributed by atoms with Crippen molar-refractivity contribution in [3.8, 4) is 0 Å². The molecule has 0 amide bonds. The lowest BCUT2D eigenvalue weighted by Crippen LogP contribution is -2.45. The second-order valence-corrected chi connectivity index (χ2v) is 12.8. The highest BCUT2D eigenvalue weighted by Crippen LogP contribution is 2.72. The first-order valence-corrected chi connectivity index (χ1v) is 12.9. The van der Waals surface area contributed by atoms with Crippen LogP contribution in [0, 0.1) is 27.6 Å². The van der Waals surface area contributed by atoms with Crippen molar-refractivity contribution in [1.82, 2.24) is 0 Å². The number of Topliss-reactive ketones (excluding diaryl/α,β-unsaturated/α-hetero) is 1. The molecule has 2 aromatic carbocycles. The van der Waals surface area contributed by atoms with E-state index < -0.39 is 5.41 Å². The van der Waals surface area contributed by atoms with Crippen LogP contribution in [-0.4, -0.2) is 17.9 Å². The summed E-state index contributed by atoms with van der Waals surface area (Å²) in [5, 5.41) is 2.45. The molecule has 178 valence electrons. The Balaban J connectivity index is 1.40. The summed E-state index contributed by atoms with van der Waals surface area (Å²) >= 11 is 0. The van der Waals surface area contributed by atoms with E-state index in [1.54, 1.807) is 0 Å². The maximum atomic E-state index is 13.9. The van der Waals surface area contributed by atoms with Crippen LogP contribution < -0.4 is 0 Å². The van der Waals surface area contributed by atoms with Crippen molar-refractivity contribution in [2.45, 2.75) is 78.2 Å². The smallest absolute Gasteiger partial charge is 0.320 e. The third-order valence-electron chi connectivity index (χ3n) is 11.0. The number of ether oxygens (including phenoxy) is 1. The minimum Gasteiger partial charge on any atom is -0.461 e. The number of rotatable bonds is 3. The second-order valence-electron chi connectivity index (χ2n) is 12.8. The SMILES string of the molecule is C=C1C[C@]2(C(=O)O[C@@H]3[C@H]4CC[C@@](C)([C@@H]3c3ccc5ccccc5c3)C4(C)C)C[C@@]1(C)CCC2=O. The van der Waals surface area contributed by atoms with Gasteiger partial charge in [-0.15, -0.1) is 0 Å². The summed E-state index contributed by atoms with van der Waals surface area (Å²) in [6.45, 7) is 13.5. The summed E-state index contributed by atoms with van der Waals surface area (Å²) in [7, 11) is 0. The standard InChI is InChI=1S/C31H36O3/c1-19-17-31(18-29(19,4)14-13-24(31)32)27(33)34-26-23-12-15-30(5,28(23,2)3)25(26)22-11-10-20-8-6-7-9-21(20)16-22/h6-11,16,23,25-26H,1,12-15,17-18H2,2-5H3/t23-,25-,26-,29-,30+,31+/m1/s1. The van der Waals surface area contributed by atoms with Gasteiger partial charge in [-0.25, -0.2) is 0 Å². The largest absolute Gasteiger partial charge is 0.461 e. The Morgan fingerprint density at radius 2 is 1.76 bits per heavy atom. The highest BCUT2D eigenvalue weighted by Gasteiger charge is 2.69. The van der Waals surface area contributed by atoms with Crippen molar-refractivity contribution in [3.63, 3.8) is 0 Å². The fourth-order valence-corrected chi connectivity index (χ4v) is 8.41. The van der Waals surface area contributed by atoms with Gasteiger partial charge >= 0.3 is 5.97 Å². The molecule has 0 unspecified atom stereocenters. The topological polar surface area (TPSA) is 43.4 Å². The lowest BCUT2D eigenvalue weighted by molar-refractivity contribution is -0.170. The molecule has 0 saturated heterocycles. The summed E-state index contributed by atoms with van der Waals surface area (Å²) < 4.78 is 6.55. The van der Waals surface area contributed by atoms with E-state index in [2.05, 4.69) is 76.7 Å². The van der Waals surface area contributed by atoms with Gasteiger partial charge in [-0.3, -0.25) is 9.59 Å². The number of carbonyl (C=O) groups excluding carboxylic acids is 2. The van der Waals surface area contributed by atoms with Crippen molar-refractivity contribution in [2.75, 3.05) is 0 Å². The van der Waals surface area contributed by atoms with E-state index in [-0.39, 0.29) is 40.0 Å². The molecule has 4 aliphatic carbocycles. The van der Waals surface area contributed by atoms with E-state index in [4.69, 9.17) is 4.74 Å². The van der Waals surface area contributed by atoms with Crippen molar-refractivity contribution >= 4 is 22.5 Å². The van der Waals surface area contributed by atoms with E-state index in [1.165, 1.54) is 16.3 Å². The number of hydrogen-bond donors (Lipinski definition) is 0. The van der Waals surface area contributed by atoms with Crippen molar-refractivity contribution in [1.29, 1.82) is 0 Å². The lowest BCUT2D eigenvalue weighted by Gasteiger charge is -2.41. The number of benzene rings is 2. The third-order valence-corrected chi connectivity index (χ3v) is 11.0. The van der Waals surface area contributed by atoms with Crippen LogP contribution in [-0.2, 0) is 14.3 Å². The zero-order valence-corrected chi connectivity index (χ0v) is 20.9. The number of hydrogen-bond acceptors (Lipinski definition) is 3. The van der Waals surface area contributed by atoms with Gasteiger partial charge in [0.2, 0.25) is 0 Å².